The van der Waals surface area contributed by atoms with Gasteiger partial charge >= 0.3 is 12.1 Å². The van der Waals surface area contributed by atoms with Crippen molar-refractivity contribution in [3.05, 3.63) is 29.8 Å². The van der Waals surface area contributed by atoms with Crippen LogP contribution in [-0.4, -0.2) is 28.7 Å². The molecule has 6 nitrogen and oxygen atoms in total. The van der Waals surface area contributed by atoms with Gasteiger partial charge in [-0.3, -0.25) is 0 Å². The molecule has 0 atom stereocenters. The van der Waals surface area contributed by atoms with Crippen LogP contribution in [0.1, 0.15) is 84.1 Å². The minimum absolute atomic E-state index is 0.255. The second-order valence-electron chi connectivity index (χ2n) is 8.87. The maximum Gasteiger partial charge on any atom is 0.418 e. The molecule has 1 aliphatic carbocycles. The number of benzene rings is 1. The summed E-state index contributed by atoms with van der Waals surface area (Å²) in [5.41, 5.74) is 0.156. The quantitative estimate of drug-likeness (QED) is 0.296. The highest BCUT2D eigenvalue weighted by atomic mass is 16.6. The maximum absolute atomic E-state index is 13.4. The zero-order valence-corrected chi connectivity index (χ0v) is 18.5. The number of carbonyl (C=O) groups is 2. The summed E-state index contributed by atoms with van der Waals surface area (Å²) in [6.45, 7) is 5.36. The Bertz CT molecular complexity index is 754. The minimum Gasteiger partial charge on any atom is -0.443 e. The highest BCUT2D eigenvalue weighted by molar-refractivity contribution is 6.01. The number of amides is 3. The van der Waals surface area contributed by atoms with E-state index >= 15 is 0 Å². The molecule has 0 bridgehead atoms. The summed E-state index contributed by atoms with van der Waals surface area (Å²) in [5.74, 6) is 8.73. The molecule has 0 spiro atoms. The van der Waals surface area contributed by atoms with Crippen molar-refractivity contribution in [1.82, 2.24) is 4.90 Å². The highest BCUT2D eigenvalue weighted by Gasteiger charge is 2.36. The summed E-state index contributed by atoms with van der Waals surface area (Å²) in [7, 11) is 0. The van der Waals surface area contributed by atoms with E-state index in [2.05, 4.69) is 5.92 Å². The number of carbonyl (C=O) groups excluding carboxylic acids is 2. The van der Waals surface area contributed by atoms with E-state index in [1.807, 2.05) is 0 Å². The van der Waals surface area contributed by atoms with Gasteiger partial charge in [0.1, 0.15) is 5.60 Å². The monoisotopic (exact) mass is 413 g/mol. The number of anilines is 1. The molecule has 0 radical (unpaired) electrons. The van der Waals surface area contributed by atoms with Crippen LogP contribution < -0.4 is 10.9 Å². The Morgan fingerprint density at radius 2 is 1.57 bits per heavy atom. The molecule has 1 saturated carbocycles. The molecule has 30 heavy (non-hydrogen) atoms. The van der Waals surface area contributed by atoms with Crippen molar-refractivity contribution in [2.24, 2.45) is 5.84 Å². The van der Waals surface area contributed by atoms with Crippen LogP contribution in [0.5, 0.6) is 0 Å². The number of para-hydroxylation sites is 1. The Balaban J connectivity index is 2.34. The van der Waals surface area contributed by atoms with Gasteiger partial charge in [0, 0.05) is 11.6 Å². The number of nitrogens with two attached hydrogens (primary N) is 1. The summed E-state index contributed by atoms with van der Waals surface area (Å²) in [6, 6.07) is 6.05. The van der Waals surface area contributed by atoms with Crippen LogP contribution in [0.15, 0.2) is 24.3 Å². The molecule has 1 fully saturated rings. The predicted octanol–water partition coefficient (Wildman–Crippen LogP) is 5.60. The van der Waals surface area contributed by atoms with Gasteiger partial charge in [-0.2, -0.15) is 0 Å². The van der Waals surface area contributed by atoms with E-state index < -0.39 is 17.7 Å². The Morgan fingerprint density at radius 3 is 2.10 bits per heavy atom. The first kappa shape index (κ1) is 23.8. The van der Waals surface area contributed by atoms with E-state index in [0.717, 1.165) is 43.5 Å². The Morgan fingerprint density at radius 1 is 1.03 bits per heavy atom. The van der Waals surface area contributed by atoms with Crippen molar-refractivity contribution in [1.29, 1.82) is 0 Å². The average molecular weight is 414 g/mol. The van der Waals surface area contributed by atoms with Crippen LogP contribution in [0.4, 0.5) is 15.3 Å². The summed E-state index contributed by atoms with van der Waals surface area (Å²) < 4.78 is 5.59. The summed E-state index contributed by atoms with van der Waals surface area (Å²) in [4.78, 5) is 27.8. The highest BCUT2D eigenvalue weighted by Crippen LogP contribution is 2.26. The largest absolute Gasteiger partial charge is 0.443 e. The van der Waals surface area contributed by atoms with Crippen molar-refractivity contribution >= 4 is 17.8 Å². The lowest BCUT2D eigenvalue weighted by Crippen LogP contribution is -2.55. The molecule has 1 aliphatic rings. The van der Waals surface area contributed by atoms with Crippen LogP contribution in [-0.2, 0) is 4.74 Å². The van der Waals surface area contributed by atoms with Gasteiger partial charge in [0.05, 0.1) is 5.69 Å². The van der Waals surface area contributed by atoms with Gasteiger partial charge in [-0.1, -0.05) is 63.0 Å². The van der Waals surface area contributed by atoms with E-state index in [1.165, 1.54) is 24.2 Å². The number of nitrogens with zero attached hydrogens (tertiary/aromatic N) is 2. The number of terminal acetylenes is 1. The summed E-state index contributed by atoms with van der Waals surface area (Å²) in [5, 5.41) is 0.970. The minimum atomic E-state index is -0.720. The van der Waals surface area contributed by atoms with E-state index in [4.69, 9.17) is 17.0 Å². The number of hydrogen-bond acceptors (Lipinski definition) is 4. The number of imide groups is 1. The smallest absolute Gasteiger partial charge is 0.418 e. The van der Waals surface area contributed by atoms with Crippen LogP contribution >= 0.6 is 0 Å². The van der Waals surface area contributed by atoms with Gasteiger partial charge < -0.3 is 4.74 Å². The maximum atomic E-state index is 13.4. The zero-order chi connectivity index (χ0) is 22.1. The molecule has 2 N–H and O–H groups in total. The molecule has 164 valence electrons. The van der Waals surface area contributed by atoms with Crippen molar-refractivity contribution in [3.8, 4) is 12.3 Å². The van der Waals surface area contributed by atoms with Crippen LogP contribution in [0.3, 0.4) is 0 Å². The third-order valence-electron chi connectivity index (χ3n) is 5.26. The van der Waals surface area contributed by atoms with E-state index in [9.17, 15) is 9.59 Å². The van der Waals surface area contributed by atoms with Crippen molar-refractivity contribution in [3.63, 3.8) is 0 Å². The van der Waals surface area contributed by atoms with Gasteiger partial charge in [-0.15, -0.1) is 6.42 Å². The van der Waals surface area contributed by atoms with Crippen LogP contribution in [0.25, 0.3) is 0 Å². The molecule has 0 heterocycles. The topological polar surface area (TPSA) is 75.9 Å². The molecular formula is C24H35N3O3. The molecule has 1 aromatic carbocycles. The van der Waals surface area contributed by atoms with Gasteiger partial charge in [0.2, 0.25) is 0 Å². The van der Waals surface area contributed by atoms with Crippen LogP contribution in [0.2, 0.25) is 0 Å². The number of rotatable bonds is 2. The van der Waals surface area contributed by atoms with Gasteiger partial charge in [0.15, 0.2) is 0 Å². The lowest BCUT2D eigenvalue weighted by atomic mass is 9.96. The van der Waals surface area contributed by atoms with Crippen molar-refractivity contribution in [2.45, 2.75) is 90.2 Å². The van der Waals surface area contributed by atoms with E-state index in [-0.39, 0.29) is 6.04 Å². The third-order valence-corrected chi connectivity index (χ3v) is 5.26. The standard InChI is InChI=1S/C24H35N3O3/c1-5-19-15-13-14-18-21(19)27(25)22(28)26(23(29)30-24(2,3)4)20-16-11-9-7-6-8-10-12-17-20/h1,13-15,18,20H,6-12,16-17,25H2,2-4H3. The molecule has 0 saturated heterocycles. The predicted molar refractivity (Wildman–Crippen MR) is 120 cm³/mol. The lowest BCUT2D eigenvalue weighted by Gasteiger charge is -2.35. The second kappa shape index (κ2) is 11.0. The number of urea groups is 1. The molecule has 1 aromatic rings. The molecule has 2 rings (SSSR count). The van der Waals surface area contributed by atoms with Crippen molar-refractivity contribution in [2.75, 3.05) is 5.01 Å². The number of hydrazine groups is 1. The third kappa shape index (κ3) is 6.77. The SMILES string of the molecule is C#Cc1ccccc1N(N)C(=O)N(C(=O)OC(C)(C)C)C1CCCCCCCCC1. The Labute approximate surface area is 180 Å². The van der Waals surface area contributed by atoms with E-state index in [0.29, 0.717) is 11.3 Å². The molecular weight excluding hydrogens is 378 g/mol. The average Bonchev–Trinajstić information content (AvgIpc) is 2.70. The molecule has 0 unspecified atom stereocenters. The fourth-order valence-electron chi connectivity index (χ4n) is 3.77. The first-order chi connectivity index (χ1) is 14.2. The summed E-state index contributed by atoms with van der Waals surface area (Å²) >= 11 is 0. The molecule has 6 heteroatoms. The van der Waals surface area contributed by atoms with E-state index in [1.54, 1.807) is 45.0 Å². The molecule has 0 aliphatic heterocycles. The fourth-order valence-corrected chi connectivity index (χ4v) is 3.77. The first-order valence-electron chi connectivity index (χ1n) is 10.9. The normalized spacial score (nSPS) is 16.2. The summed E-state index contributed by atoms with van der Waals surface area (Å²) in [6.07, 6.45) is 14.1. The number of hydrogen-bond donors (Lipinski definition) is 1. The zero-order valence-electron chi connectivity index (χ0n) is 18.5. The number of ether oxygens (including phenoxy) is 1. The van der Waals surface area contributed by atoms with Gasteiger partial charge in [0.25, 0.3) is 0 Å². The fraction of sp³-hybridized carbons (Fsp3) is 0.583. The molecule has 0 aromatic heterocycles. The second-order valence-corrected chi connectivity index (χ2v) is 8.87. The first-order valence-corrected chi connectivity index (χ1v) is 10.9. The van der Waals surface area contributed by atoms with Gasteiger partial charge in [-0.05, 0) is 45.7 Å². The van der Waals surface area contributed by atoms with Gasteiger partial charge in [-0.25, -0.2) is 25.3 Å². The van der Waals surface area contributed by atoms with Crippen molar-refractivity contribution < 1.29 is 14.3 Å². The Kier molecular flexibility index (Phi) is 8.73. The Hall–Kier alpha value is -2.52. The lowest BCUT2D eigenvalue weighted by molar-refractivity contribution is 0.0240. The molecule has 3 amide bonds. The van der Waals surface area contributed by atoms with Crippen LogP contribution in [0, 0.1) is 12.3 Å².